The fraction of sp³-hybridized carbons (Fsp3) is 0.720. The van der Waals surface area contributed by atoms with E-state index in [4.69, 9.17) is 19.2 Å². The van der Waals surface area contributed by atoms with Gasteiger partial charge < -0.3 is 24.8 Å². The van der Waals surface area contributed by atoms with Gasteiger partial charge in [0.05, 0.1) is 39.0 Å². The van der Waals surface area contributed by atoms with E-state index in [1.165, 1.54) is 31.2 Å². The van der Waals surface area contributed by atoms with Crippen molar-refractivity contribution in [1.29, 1.82) is 0 Å². The maximum atomic E-state index is 6.11. The predicted octanol–water partition coefficient (Wildman–Crippen LogP) is 2.58. The van der Waals surface area contributed by atoms with Gasteiger partial charge in [-0.3, -0.25) is 9.89 Å². The van der Waals surface area contributed by atoms with Gasteiger partial charge in [0, 0.05) is 43.6 Å². The van der Waals surface area contributed by atoms with Gasteiger partial charge in [0.1, 0.15) is 5.75 Å². The van der Waals surface area contributed by atoms with Crippen molar-refractivity contribution < 1.29 is 14.2 Å². The van der Waals surface area contributed by atoms with Crippen LogP contribution in [0.1, 0.15) is 44.2 Å². The van der Waals surface area contributed by atoms with Crippen molar-refractivity contribution in [2.45, 2.75) is 50.8 Å². The number of benzene rings is 1. The molecule has 1 aromatic rings. The van der Waals surface area contributed by atoms with E-state index >= 15 is 0 Å². The minimum atomic E-state index is 0.224. The van der Waals surface area contributed by atoms with Crippen LogP contribution in [0.25, 0.3) is 0 Å². The largest absolute Gasteiger partial charge is 0.497 e. The van der Waals surface area contributed by atoms with Gasteiger partial charge in [-0.25, -0.2) is 0 Å². The zero-order chi connectivity index (χ0) is 22.0. The monoisotopic (exact) mass is 442 g/mol. The standard InChI is InChI=1S/C25H38N4O3/c1-3-26-24(28-22-20-9-14-32-23(20)25(22)10-4-11-25)27-17-21(29-12-15-31-16-13-29)18-5-7-19(30-2)8-6-18/h5-8,20-23H,3-4,9-17H2,1-2H3,(H2,26,27,28). The number of hydrogen-bond donors (Lipinski definition) is 2. The van der Waals surface area contributed by atoms with Crippen molar-refractivity contribution in [1.82, 2.24) is 15.5 Å². The van der Waals surface area contributed by atoms with E-state index in [9.17, 15) is 0 Å². The molecule has 0 radical (unpaired) electrons. The van der Waals surface area contributed by atoms with E-state index in [0.717, 1.165) is 51.2 Å². The lowest BCUT2D eigenvalue weighted by Crippen LogP contribution is -2.72. The molecule has 1 spiro atoms. The summed E-state index contributed by atoms with van der Waals surface area (Å²) in [5.41, 5.74) is 1.62. The van der Waals surface area contributed by atoms with Crippen LogP contribution in [0.4, 0.5) is 0 Å². The van der Waals surface area contributed by atoms with Crippen LogP contribution in [0.5, 0.6) is 5.75 Å². The topological polar surface area (TPSA) is 67.4 Å². The van der Waals surface area contributed by atoms with Crippen molar-refractivity contribution in [3.63, 3.8) is 0 Å². The van der Waals surface area contributed by atoms with E-state index in [-0.39, 0.29) is 6.04 Å². The molecular weight excluding hydrogens is 404 g/mol. The lowest BCUT2D eigenvalue weighted by atomic mass is 9.46. The predicted molar refractivity (Wildman–Crippen MR) is 125 cm³/mol. The third kappa shape index (κ3) is 3.99. The number of aliphatic imine (C=N–C) groups is 1. The molecule has 4 atom stereocenters. The van der Waals surface area contributed by atoms with Crippen molar-refractivity contribution >= 4 is 5.96 Å². The van der Waals surface area contributed by atoms with Crippen molar-refractivity contribution in [2.75, 3.05) is 53.1 Å². The molecule has 4 fully saturated rings. The van der Waals surface area contributed by atoms with Gasteiger partial charge in [0.15, 0.2) is 5.96 Å². The highest BCUT2D eigenvalue weighted by atomic mass is 16.5. The molecule has 7 nitrogen and oxygen atoms in total. The summed E-state index contributed by atoms with van der Waals surface area (Å²) < 4.78 is 17.1. The minimum Gasteiger partial charge on any atom is -0.497 e. The van der Waals surface area contributed by atoms with Gasteiger partial charge in [0.25, 0.3) is 0 Å². The van der Waals surface area contributed by atoms with Crippen LogP contribution in [0.15, 0.2) is 29.3 Å². The zero-order valence-corrected chi connectivity index (χ0v) is 19.5. The van der Waals surface area contributed by atoms with E-state index in [1.54, 1.807) is 7.11 Å². The van der Waals surface area contributed by atoms with E-state index in [2.05, 4.69) is 34.6 Å². The normalized spacial score (nSPS) is 30.2. The van der Waals surface area contributed by atoms with Gasteiger partial charge in [-0.05, 0) is 43.9 Å². The second-order valence-corrected chi connectivity index (χ2v) is 9.61. The van der Waals surface area contributed by atoms with E-state index in [0.29, 0.717) is 30.0 Å². The molecule has 4 unspecified atom stereocenters. The zero-order valence-electron chi connectivity index (χ0n) is 19.5. The van der Waals surface area contributed by atoms with Crippen LogP contribution in [-0.2, 0) is 9.47 Å². The first-order chi connectivity index (χ1) is 15.7. The summed E-state index contributed by atoms with van der Waals surface area (Å²) in [4.78, 5) is 7.60. The van der Waals surface area contributed by atoms with Crippen molar-refractivity contribution in [3.05, 3.63) is 29.8 Å². The highest BCUT2D eigenvalue weighted by Gasteiger charge is 2.66. The molecule has 2 N–H and O–H groups in total. The average Bonchev–Trinajstić information content (AvgIpc) is 3.22. The number of ether oxygens (including phenoxy) is 3. The van der Waals surface area contributed by atoms with Crippen LogP contribution in [0, 0.1) is 11.3 Å². The fourth-order valence-corrected chi connectivity index (χ4v) is 6.25. The maximum Gasteiger partial charge on any atom is 0.191 e. The quantitative estimate of drug-likeness (QED) is 0.500. The van der Waals surface area contributed by atoms with Crippen LogP contribution >= 0.6 is 0 Å². The SMILES string of the molecule is CCNC(=NCC(c1ccc(OC)cc1)N1CCOCC1)NC1C2CCOC2C12CCC2. The fourth-order valence-electron chi connectivity index (χ4n) is 6.25. The van der Waals surface area contributed by atoms with E-state index < -0.39 is 0 Å². The van der Waals surface area contributed by atoms with Gasteiger partial charge in [-0.2, -0.15) is 0 Å². The smallest absolute Gasteiger partial charge is 0.191 e. The molecule has 5 rings (SSSR count). The maximum absolute atomic E-state index is 6.11. The number of hydrogen-bond acceptors (Lipinski definition) is 5. The summed E-state index contributed by atoms with van der Waals surface area (Å²) in [6.45, 7) is 8.06. The molecule has 2 saturated heterocycles. The number of nitrogens with one attached hydrogen (secondary N) is 2. The summed E-state index contributed by atoms with van der Waals surface area (Å²) in [5, 5.41) is 7.35. The number of fused-ring (bicyclic) bond motifs is 2. The summed E-state index contributed by atoms with van der Waals surface area (Å²) in [6, 6.07) is 9.15. The second-order valence-electron chi connectivity index (χ2n) is 9.61. The highest BCUT2D eigenvalue weighted by Crippen LogP contribution is 2.62. The molecule has 2 aliphatic heterocycles. The molecule has 1 aromatic carbocycles. The highest BCUT2D eigenvalue weighted by molar-refractivity contribution is 5.80. The lowest BCUT2D eigenvalue weighted by Gasteiger charge is -2.63. The van der Waals surface area contributed by atoms with Gasteiger partial charge in [0.2, 0.25) is 0 Å². The summed E-state index contributed by atoms with van der Waals surface area (Å²) in [7, 11) is 1.71. The third-order valence-electron chi connectivity index (χ3n) is 8.08. The molecule has 2 heterocycles. The Balaban J connectivity index is 1.33. The Morgan fingerprint density at radius 1 is 1.22 bits per heavy atom. The summed E-state index contributed by atoms with van der Waals surface area (Å²) in [6.07, 6.45) is 5.54. The van der Waals surface area contributed by atoms with Gasteiger partial charge in [-0.15, -0.1) is 0 Å². The number of methoxy groups -OCH3 is 1. The molecule has 7 heteroatoms. The molecule has 176 valence electrons. The molecule has 32 heavy (non-hydrogen) atoms. The van der Waals surface area contributed by atoms with Crippen LogP contribution in [-0.4, -0.2) is 76.1 Å². The minimum absolute atomic E-state index is 0.224. The Kier molecular flexibility index (Phi) is 6.58. The van der Waals surface area contributed by atoms with Crippen LogP contribution in [0.2, 0.25) is 0 Å². The molecule has 2 saturated carbocycles. The molecule has 0 amide bonds. The van der Waals surface area contributed by atoms with Gasteiger partial charge >= 0.3 is 0 Å². The lowest BCUT2D eigenvalue weighted by molar-refractivity contribution is -0.171. The first-order valence-electron chi connectivity index (χ1n) is 12.4. The Morgan fingerprint density at radius 2 is 2.00 bits per heavy atom. The Labute approximate surface area is 191 Å². The molecular formula is C25H38N4O3. The van der Waals surface area contributed by atoms with Crippen LogP contribution < -0.4 is 15.4 Å². The van der Waals surface area contributed by atoms with Crippen LogP contribution in [0.3, 0.4) is 0 Å². The van der Waals surface area contributed by atoms with E-state index in [1.807, 2.05) is 12.1 Å². The summed E-state index contributed by atoms with van der Waals surface area (Å²) in [5.74, 6) is 2.47. The number of morpholine rings is 1. The van der Waals surface area contributed by atoms with Crippen molar-refractivity contribution in [2.24, 2.45) is 16.3 Å². The number of guanidine groups is 1. The summed E-state index contributed by atoms with van der Waals surface area (Å²) >= 11 is 0. The Hall–Kier alpha value is -1.83. The molecule has 0 bridgehead atoms. The average molecular weight is 443 g/mol. The van der Waals surface area contributed by atoms with Crippen molar-refractivity contribution in [3.8, 4) is 5.75 Å². The second kappa shape index (κ2) is 9.57. The first-order valence-corrected chi connectivity index (χ1v) is 12.4. The van der Waals surface area contributed by atoms with Gasteiger partial charge in [-0.1, -0.05) is 18.6 Å². The molecule has 2 aliphatic carbocycles. The number of rotatable bonds is 7. The first kappa shape index (κ1) is 22.0. The molecule has 4 aliphatic rings. The molecule has 0 aromatic heterocycles. The Morgan fingerprint density at radius 3 is 2.66 bits per heavy atom. The number of nitrogens with zero attached hydrogens (tertiary/aromatic N) is 2. The Bertz CT molecular complexity index is 789. The third-order valence-corrected chi connectivity index (χ3v) is 8.08.